The highest BCUT2D eigenvalue weighted by molar-refractivity contribution is 5.85. The van der Waals surface area contributed by atoms with Crippen LogP contribution in [0.5, 0.6) is 5.75 Å². The Kier molecular flexibility index (Phi) is 3.17. The minimum Gasteiger partial charge on any atom is -0.497 e. The van der Waals surface area contributed by atoms with Gasteiger partial charge in [0, 0.05) is 27.4 Å². The molecule has 3 aromatic rings. The average molecular weight is 345 g/mol. The van der Waals surface area contributed by atoms with Crippen LogP contribution in [0.3, 0.4) is 0 Å². The minimum atomic E-state index is 0.127. The first-order chi connectivity index (χ1) is 12.4. The molecule has 2 nitrogen and oxygen atoms in total. The van der Waals surface area contributed by atoms with Crippen LogP contribution in [0.2, 0.25) is 0 Å². The van der Waals surface area contributed by atoms with Crippen LogP contribution in [0.25, 0.3) is 10.9 Å². The normalized spacial score (nSPS) is 26.1. The first-order valence-corrected chi connectivity index (χ1v) is 9.72. The number of rotatable bonds is 1. The molecule has 0 saturated carbocycles. The Morgan fingerprint density at radius 1 is 1.08 bits per heavy atom. The molecule has 2 aromatic carbocycles. The standard InChI is InChI=1S/C24H27NO/c1-23(2)21-12-10-15-9-11-16(26-4)13-19(15)24(21,3)14-18-17-7-5-6-8-20(17)25-22(18)23/h5-9,11,13,21,25H,10,12,14H2,1-4H3/t21?,24-/m1/s1. The zero-order valence-electron chi connectivity index (χ0n) is 16.1. The van der Waals surface area contributed by atoms with E-state index in [1.165, 1.54) is 46.1 Å². The Morgan fingerprint density at radius 2 is 1.88 bits per heavy atom. The second kappa shape index (κ2) is 5.16. The third kappa shape index (κ3) is 1.93. The highest BCUT2D eigenvalue weighted by atomic mass is 16.5. The zero-order chi connectivity index (χ0) is 18.1. The van der Waals surface area contributed by atoms with E-state index in [9.17, 15) is 0 Å². The summed E-state index contributed by atoms with van der Waals surface area (Å²) in [4.78, 5) is 3.78. The van der Waals surface area contributed by atoms with E-state index >= 15 is 0 Å². The monoisotopic (exact) mass is 345 g/mol. The highest BCUT2D eigenvalue weighted by Gasteiger charge is 2.53. The fraction of sp³-hybridized carbons (Fsp3) is 0.417. The molecule has 0 saturated heterocycles. The lowest BCUT2D eigenvalue weighted by Gasteiger charge is -2.54. The number of aromatic nitrogens is 1. The molecular weight excluding hydrogens is 318 g/mol. The molecule has 2 heteroatoms. The van der Waals surface area contributed by atoms with Gasteiger partial charge in [-0.05, 0) is 60.1 Å². The lowest BCUT2D eigenvalue weighted by atomic mass is 9.50. The Balaban J connectivity index is 1.78. The van der Waals surface area contributed by atoms with E-state index in [2.05, 4.69) is 68.2 Å². The van der Waals surface area contributed by atoms with Gasteiger partial charge in [0.05, 0.1) is 7.11 Å². The van der Waals surface area contributed by atoms with Gasteiger partial charge in [0.2, 0.25) is 0 Å². The summed E-state index contributed by atoms with van der Waals surface area (Å²) in [6.07, 6.45) is 3.51. The van der Waals surface area contributed by atoms with Gasteiger partial charge < -0.3 is 9.72 Å². The van der Waals surface area contributed by atoms with Gasteiger partial charge in [0.1, 0.15) is 5.75 Å². The molecule has 26 heavy (non-hydrogen) atoms. The van der Waals surface area contributed by atoms with Gasteiger partial charge in [0.25, 0.3) is 0 Å². The van der Waals surface area contributed by atoms with Gasteiger partial charge in [-0.2, -0.15) is 0 Å². The van der Waals surface area contributed by atoms with Crippen LogP contribution in [0, 0.1) is 5.92 Å². The van der Waals surface area contributed by atoms with Crippen LogP contribution in [0.4, 0.5) is 0 Å². The van der Waals surface area contributed by atoms with Crippen LogP contribution < -0.4 is 4.74 Å². The molecule has 2 aliphatic carbocycles. The number of methoxy groups -OCH3 is 1. The van der Waals surface area contributed by atoms with Gasteiger partial charge in [-0.3, -0.25) is 0 Å². The van der Waals surface area contributed by atoms with E-state index < -0.39 is 0 Å². The maximum absolute atomic E-state index is 5.58. The molecule has 1 aromatic heterocycles. The number of aryl methyl sites for hydroxylation is 1. The van der Waals surface area contributed by atoms with E-state index in [1.807, 2.05) is 0 Å². The van der Waals surface area contributed by atoms with Gasteiger partial charge in [0.15, 0.2) is 0 Å². The maximum Gasteiger partial charge on any atom is 0.119 e. The highest BCUT2D eigenvalue weighted by Crippen LogP contribution is 2.57. The van der Waals surface area contributed by atoms with Crippen LogP contribution in [0.15, 0.2) is 42.5 Å². The lowest BCUT2D eigenvalue weighted by Crippen LogP contribution is -2.51. The number of fused-ring (bicyclic) bond motifs is 6. The first-order valence-electron chi connectivity index (χ1n) is 9.72. The first kappa shape index (κ1) is 16.0. The molecule has 2 atom stereocenters. The Bertz CT molecular complexity index is 1010. The number of ether oxygens (including phenoxy) is 1. The van der Waals surface area contributed by atoms with Gasteiger partial charge in [-0.25, -0.2) is 0 Å². The van der Waals surface area contributed by atoms with Crippen molar-refractivity contribution >= 4 is 10.9 Å². The average Bonchev–Trinajstić information content (AvgIpc) is 3.01. The molecule has 0 amide bonds. The van der Waals surface area contributed by atoms with Gasteiger partial charge in [-0.1, -0.05) is 45.0 Å². The SMILES string of the molecule is COc1ccc2c(c1)[C@@]1(C)Cc3c([nH]c4ccccc34)C(C)(C)C1CC2. The molecule has 1 heterocycles. The van der Waals surface area contributed by atoms with Crippen LogP contribution in [0.1, 0.15) is 49.6 Å². The Morgan fingerprint density at radius 3 is 2.69 bits per heavy atom. The third-order valence-electron chi connectivity index (χ3n) is 7.28. The quantitative estimate of drug-likeness (QED) is 0.616. The second-order valence-corrected chi connectivity index (χ2v) is 8.95. The van der Waals surface area contributed by atoms with Crippen molar-refractivity contribution in [3.8, 4) is 5.75 Å². The summed E-state index contributed by atoms with van der Waals surface area (Å²) in [7, 11) is 1.77. The van der Waals surface area contributed by atoms with Crippen molar-refractivity contribution in [2.75, 3.05) is 7.11 Å². The molecule has 5 rings (SSSR count). The minimum absolute atomic E-state index is 0.127. The predicted molar refractivity (Wildman–Crippen MR) is 107 cm³/mol. The largest absolute Gasteiger partial charge is 0.497 e. The Labute approximate surface area is 155 Å². The molecular formula is C24H27NO. The second-order valence-electron chi connectivity index (χ2n) is 8.95. The van der Waals surface area contributed by atoms with Gasteiger partial charge >= 0.3 is 0 Å². The molecule has 0 radical (unpaired) electrons. The molecule has 2 aliphatic rings. The van der Waals surface area contributed by atoms with Crippen molar-refractivity contribution in [3.05, 3.63) is 64.8 Å². The van der Waals surface area contributed by atoms with Crippen molar-refractivity contribution < 1.29 is 4.74 Å². The number of benzene rings is 2. The number of hydrogen-bond acceptors (Lipinski definition) is 1. The smallest absolute Gasteiger partial charge is 0.119 e. The predicted octanol–water partition coefficient (Wildman–Crippen LogP) is 5.53. The summed E-state index contributed by atoms with van der Waals surface area (Å²) in [6, 6.07) is 15.5. The molecule has 0 spiro atoms. The van der Waals surface area contributed by atoms with Crippen molar-refractivity contribution in [2.45, 2.75) is 50.9 Å². The van der Waals surface area contributed by atoms with Crippen LogP contribution >= 0.6 is 0 Å². The molecule has 0 bridgehead atoms. The summed E-state index contributed by atoms with van der Waals surface area (Å²) in [5.74, 6) is 1.60. The lowest BCUT2D eigenvalue weighted by molar-refractivity contribution is 0.137. The number of nitrogens with one attached hydrogen (secondary N) is 1. The van der Waals surface area contributed by atoms with E-state index in [0.717, 1.165) is 12.2 Å². The van der Waals surface area contributed by atoms with Crippen LogP contribution in [-0.4, -0.2) is 12.1 Å². The molecule has 0 aliphatic heterocycles. The van der Waals surface area contributed by atoms with Crippen molar-refractivity contribution in [1.82, 2.24) is 4.98 Å². The number of aromatic amines is 1. The van der Waals surface area contributed by atoms with E-state index in [1.54, 1.807) is 7.11 Å². The summed E-state index contributed by atoms with van der Waals surface area (Å²) in [5, 5.41) is 1.39. The molecule has 1 unspecified atom stereocenters. The molecule has 1 N–H and O–H groups in total. The molecule has 134 valence electrons. The summed E-state index contributed by atoms with van der Waals surface area (Å²) < 4.78 is 5.58. The zero-order valence-corrected chi connectivity index (χ0v) is 16.1. The van der Waals surface area contributed by atoms with E-state index in [-0.39, 0.29) is 10.8 Å². The summed E-state index contributed by atoms with van der Waals surface area (Å²) >= 11 is 0. The fourth-order valence-corrected chi connectivity index (χ4v) is 6.09. The molecule has 0 fully saturated rings. The van der Waals surface area contributed by atoms with Gasteiger partial charge in [-0.15, -0.1) is 0 Å². The van der Waals surface area contributed by atoms with Crippen LogP contribution in [-0.2, 0) is 23.7 Å². The summed E-state index contributed by atoms with van der Waals surface area (Å²) in [6.45, 7) is 7.37. The number of hydrogen-bond donors (Lipinski definition) is 1. The van der Waals surface area contributed by atoms with Crippen molar-refractivity contribution in [3.63, 3.8) is 0 Å². The van der Waals surface area contributed by atoms with E-state index in [4.69, 9.17) is 4.74 Å². The van der Waals surface area contributed by atoms with E-state index in [0.29, 0.717) is 5.92 Å². The summed E-state index contributed by atoms with van der Waals surface area (Å²) in [5.41, 5.74) is 7.51. The fourth-order valence-electron chi connectivity index (χ4n) is 6.09. The number of H-pyrrole nitrogens is 1. The topological polar surface area (TPSA) is 25.0 Å². The Hall–Kier alpha value is -2.22. The maximum atomic E-state index is 5.58. The number of para-hydroxylation sites is 1. The van der Waals surface area contributed by atoms with Crippen molar-refractivity contribution in [1.29, 1.82) is 0 Å². The third-order valence-corrected chi connectivity index (χ3v) is 7.28. The van der Waals surface area contributed by atoms with Crippen molar-refractivity contribution in [2.24, 2.45) is 5.92 Å².